The lowest BCUT2D eigenvalue weighted by Gasteiger charge is -2.05. The van der Waals surface area contributed by atoms with Gasteiger partial charge in [-0.3, -0.25) is 4.79 Å². The average molecular weight is 197 g/mol. The smallest absolute Gasteiger partial charge is 0.423 e. The first-order valence-electron chi connectivity index (χ1n) is 3.94. The number of halogens is 1. The molecular formula is C8H9BFNO3. The molecule has 0 atom stereocenters. The summed E-state index contributed by atoms with van der Waals surface area (Å²) in [5.41, 5.74) is -0.524. The second kappa shape index (κ2) is 4.21. The van der Waals surface area contributed by atoms with E-state index in [1.54, 1.807) is 0 Å². The van der Waals surface area contributed by atoms with Crippen LogP contribution >= 0.6 is 0 Å². The van der Waals surface area contributed by atoms with Gasteiger partial charge in [-0.2, -0.15) is 0 Å². The van der Waals surface area contributed by atoms with Crippen molar-refractivity contribution in [1.29, 1.82) is 0 Å². The van der Waals surface area contributed by atoms with E-state index in [2.05, 4.69) is 5.32 Å². The van der Waals surface area contributed by atoms with Gasteiger partial charge in [0.25, 0.3) is 5.91 Å². The molecule has 0 spiro atoms. The van der Waals surface area contributed by atoms with Crippen molar-refractivity contribution < 1.29 is 19.2 Å². The highest BCUT2D eigenvalue weighted by molar-refractivity contribution is 6.58. The maximum atomic E-state index is 13.4. The van der Waals surface area contributed by atoms with Gasteiger partial charge in [-0.25, -0.2) is 4.39 Å². The van der Waals surface area contributed by atoms with E-state index in [0.717, 1.165) is 0 Å². The van der Waals surface area contributed by atoms with Crippen LogP contribution in [-0.2, 0) is 0 Å². The molecule has 0 aromatic heterocycles. The summed E-state index contributed by atoms with van der Waals surface area (Å²) in [6.45, 7) is 0. The fourth-order valence-electron chi connectivity index (χ4n) is 1.06. The minimum atomic E-state index is -1.92. The second-order valence-electron chi connectivity index (χ2n) is 2.66. The largest absolute Gasteiger partial charge is 0.491 e. The Balaban J connectivity index is 3.20. The van der Waals surface area contributed by atoms with Gasteiger partial charge in [0, 0.05) is 12.5 Å². The van der Waals surface area contributed by atoms with E-state index in [9.17, 15) is 9.18 Å². The van der Waals surface area contributed by atoms with Crippen molar-refractivity contribution in [1.82, 2.24) is 5.32 Å². The molecule has 1 aromatic rings. The molecule has 0 radical (unpaired) electrons. The molecule has 4 nitrogen and oxygen atoms in total. The zero-order valence-electron chi connectivity index (χ0n) is 7.49. The number of benzene rings is 1. The van der Waals surface area contributed by atoms with Gasteiger partial charge in [0.15, 0.2) is 0 Å². The summed E-state index contributed by atoms with van der Waals surface area (Å²) in [5, 5.41) is 19.8. The molecule has 3 N–H and O–H groups in total. The molecule has 0 saturated heterocycles. The zero-order valence-corrected chi connectivity index (χ0v) is 7.49. The highest BCUT2D eigenvalue weighted by Crippen LogP contribution is 2.04. The minimum absolute atomic E-state index is 0.210. The molecule has 74 valence electrons. The third kappa shape index (κ3) is 1.91. The Bertz CT molecular complexity index is 356. The summed E-state index contributed by atoms with van der Waals surface area (Å²) in [4.78, 5) is 11.1. The summed E-state index contributed by atoms with van der Waals surface area (Å²) in [7, 11) is -0.552. The number of hydrogen-bond donors (Lipinski definition) is 3. The Kier molecular flexibility index (Phi) is 3.21. The van der Waals surface area contributed by atoms with E-state index in [1.807, 2.05) is 0 Å². The summed E-state index contributed by atoms with van der Waals surface area (Å²) < 4.78 is 13.4. The Morgan fingerprint density at radius 2 is 2.14 bits per heavy atom. The van der Waals surface area contributed by atoms with Crippen LogP contribution in [0.3, 0.4) is 0 Å². The molecule has 0 aliphatic heterocycles. The van der Waals surface area contributed by atoms with Gasteiger partial charge in [-0.05, 0) is 6.07 Å². The van der Waals surface area contributed by atoms with Crippen LogP contribution in [0.25, 0.3) is 0 Å². The number of nitrogens with one attached hydrogen (secondary N) is 1. The van der Waals surface area contributed by atoms with E-state index in [-0.39, 0.29) is 11.0 Å². The normalized spacial score (nSPS) is 9.71. The summed E-state index contributed by atoms with van der Waals surface area (Å²) in [5.74, 6) is -1.52. The number of amides is 1. The first-order chi connectivity index (χ1) is 6.57. The Hall–Kier alpha value is -1.40. The monoisotopic (exact) mass is 197 g/mol. The van der Waals surface area contributed by atoms with E-state index in [1.165, 1.54) is 25.2 Å². The van der Waals surface area contributed by atoms with Gasteiger partial charge < -0.3 is 15.4 Å². The van der Waals surface area contributed by atoms with Crippen molar-refractivity contribution in [2.45, 2.75) is 0 Å². The molecule has 1 amide bonds. The molecule has 0 heterocycles. The van der Waals surface area contributed by atoms with Gasteiger partial charge in [-0.1, -0.05) is 12.1 Å². The molecule has 0 bridgehead atoms. The van der Waals surface area contributed by atoms with Crippen LogP contribution in [0.5, 0.6) is 0 Å². The average Bonchev–Trinajstić information content (AvgIpc) is 2.16. The third-order valence-corrected chi connectivity index (χ3v) is 1.78. The Morgan fingerprint density at radius 3 is 2.64 bits per heavy atom. The molecule has 0 fully saturated rings. The second-order valence-corrected chi connectivity index (χ2v) is 2.66. The van der Waals surface area contributed by atoms with Crippen LogP contribution in [0, 0.1) is 5.82 Å². The quantitative estimate of drug-likeness (QED) is 0.525. The maximum Gasteiger partial charge on any atom is 0.491 e. The fraction of sp³-hybridized carbons (Fsp3) is 0.125. The highest BCUT2D eigenvalue weighted by Gasteiger charge is 2.20. The number of carbonyl (C=O) groups excluding carboxylic acids is 1. The number of rotatable bonds is 2. The van der Waals surface area contributed by atoms with E-state index < -0.39 is 18.8 Å². The van der Waals surface area contributed by atoms with Crippen LogP contribution in [0.4, 0.5) is 4.39 Å². The van der Waals surface area contributed by atoms with Crippen molar-refractivity contribution in [2.24, 2.45) is 0 Å². The molecule has 1 rings (SSSR count). The van der Waals surface area contributed by atoms with Crippen LogP contribution in [0.2, 0.25) is 0 Å². The van der Waals surface area contributed by atoms with Gasteiger partial charge in [0.2, 0.25) is 0 Å². The topological polar surface area (TPSA) is 69.6 Å². The molecule has 0 unspecified atom stereocenters. The predicted octanol–water partition coefficient (Wildman–Crippen LogP) is -1.13. The SMILES string of the molecule is CNC(=O)c1cccc(B(O)O)c1F. The Labute approximate surface area is 80.5 Å². The molecule has 1 aromatic carbocycles. The van der Waals surface area contributed by atoms with Crippen molar-refractivity contribution in [2.75, 3.05) is 7.05 Å². The lowest BCUT2D eigenvalue weighted by atomic mass is 9.79. The third-order valence-electron chi connectivity index (χ3n) is 1.78. The van der Waals surface area contributed by atoms with Gasteiger partial charge in [-0.15, -0.1) is 0 Å². The molecule has 14 heavy (non-hydrogen) atoms. The summed E-state index contributed by atoms with van der Waals surface area (Å²) in [6, 6.07) is 3.84. The van der Waals surface area contributed by atoms with Crippen molar-refractivity contribution in [3.8, 4) is 0 Å². The van der Waals surface area contributed by atoms with Crippen molar-refractivity contribution in [3.63, 3.8) is 0 Å². The lowest BCUT2D eigenvalue weighted by molar-refractivity contribution is 0.0959. The number of hydrogen-bond acceptors (Lipinski definition) is 3. The van der Waals surface area contributed by atoms with Crippen LogP contribution in [0.1, 0.15) is 10.4 Å². The van der Waals surface area contributed by atoms with E-state index >= 15 is 0 Å². The summed E-state index contributed by atoms with van der Waals surface area (Å²) in [6.07, 6.45) is 0. The van der Waals surface area contributed by atoms with E-state index in [4.69, 9.17) is 10.0 Å². The lowest BCUT2D eigenvalue weighted by Crippen LogP contribution is -2.35. The molecule has 0 aliphatic rings. The predicted molar refractivity (Wildman–Crippen MR) is 49.6 cm³/mol. The van der Waals surface area contributed by atoms with Gasteiger partial charge in [0.1, 0.15) is 5.82 Å². The Morgan fingerprint density at radius 1 is 1.50 bits per heavy atom. The summed E-state index contributed by atoms with van der Waals surface area (Å²) >= 11 is 0. The first-order valence-corrected chi connectivity index (χ1v) is 3.94. The van der Waals surface area contributed by atoms with Crippen LogP contribution in [-0.4, -0.2) is 30.1 Å². The van der Waals surface area contributed by atoms with Crippen LogP contribution in [0.15, 0.2) is 18.2 Å². The van der Waals surface area contributed by atoms with Crippen LogP contribution < -0.4 is 10.8 Å². The zero-order chi connectivity index (χ0) is 10.7. The van der Waals surface area contributed by atoms with Crippen molar-refractivity contribution in [3.05, 3.63) is 29.6 Å². The molecule has 6 heteroatoms. The van der Waals surface area contributed by atoms with E-state index in [0.29, 0.717) is 0 Å². The number of carbonyl (C=O) groups is 1. The molecular weight excluding hydrogens is 188 g/mol. The van der Waals surface area contributed by atoms with Gasteiger partial charge >= 0.3 is 7.12 Å². The fourth-order valence-corrected chi connectivity index (χ4v) is 1.06. The molecule has 0 saturated carbocycles. The highest BCUT2D eigenvalue weighted by atomic mass is 19.1. The van der Waals surface area contributed by atoms with Crippen molar-refractivity contribution >= 4 is 18.5 Å². The van der Waals surface area contributed by atoms with Gasteiger partial charge in [0.05, 0.1) is 5.56 Å². The maximum absolute atomic E-state index is 13.4. The first kappa shape index (κ1) is 10.7. The minimum Gasteiger partial charge on any atom is -0.423 e. The standard InChI is InChI=1S/C8H9BFNO3/c1-11-8(12)5-3-2-4-6(7(5)10)9(13)14/h2-4,13-14H,1H3,(H,11,12). The molecule has 0 aliphatic carbocycles.